The smallest absolute Gasteiger partial charge is 0.150 e. The third-order valence-corrected chi connectivity index (χ3v) is 3.54. The van der Waals surface area contributed by atoms with Gasteiger partial charge in [0.2, 0.25) is 0 Å². The van der Waals surface area contributed by atoms with Gasteiger partial charge in [0.1, 0.15) is 5.82 Å². The normalized spacial score (nSPS) is 12.2. The molecule has 98 valence electrons. The van der Waals surface area contributed by atoms with Gasteiger partial charge in [-0.1, -0.05) is 44.2 Å². The van der Waals surface area contributed by atoms with Gasteiger partial charge in [-0.25, -0.2) is 4.39 Å². The minimum absolute atomic E-state index is 0.385. The molecule has 0 saturated heterocycles. The van der Waals surface area contributed by atoms with Gasteiger partial charge in [-0.2, -0.15) is 0 Å². The number of hydrogen-bond acceptors (Lipinski definition) is 1. The van der Waals surface area contributed by atoms with Gasteiger partial charge in [-0.05, 0) is 41.2 Å². The number of halogens is 1. The average Bonchev–Trinajstić information content (AvgIpc) is 2.46. The highest BCUT2D eigenvalue weighted by atomic mass is 19.1. The van der Waals surface area contributed by atoms with Crippen molar-refractivity contribution in [2.75, 3.05) is 0 Å². The quantitative estimate of drug-likeness (QED) is 0.717. The molecular formula is C17H17FO. The first-order valence-corrected chi connectivity index (χ1v) is 6.50. The second-order valence-corrected chi connectivity index (χ2v) is 4.78. The lowest BCUT2D eigenvalue weighted by Crippen LogP contribution is -1.92. The van der Waals surface area contributed by atoms with Crippen LogP contribution in [0.3, 0.4) is 0 Å². The van der Waals surface area contributed by atoms with Crippen LogP contribution in [0.5, 0.6) is 0 Å². The third kappa shape index (κ3) is 2.90. The Morgan fingerprint density at radius 2 is 1.84 bits per heavy atom. The first-order chi connectivity index (χ1) is 9.15. The van der Waals surface area contributed by atoms with Crippen LogP contribution in [0.2, 0.25) is 0 Å². The van der Waals surface area contributed by atoms with Gasteiger partial charge < -0.3 is 0 Å². The standard InChI is InChI=1S/C17H17FO/c1-3-12(2)13-4-6-14(7-5-13)17-9-8-16(18)10-15(17)11-19/h4-12H,3H2,1-2H3. The Hall–Kier alpha value is -1.96. The summed E-state index contributed by atoms with van der Waals surface area (Å²) in [5.74, 6) is 0.134. The first-order valence-electron chi connectivity index (χ1n) is 6.50. The van der Waals surface area contributed by atoms with Gasteiger partial charge in [-0.15, -0.1) is 0 Å². The average molecular weight is 256 g/mol. The van der Waals surface area contributed by atoms with Gasteiger partial charge in [0.25, 0.3) is 0 Å². The number of hydrogen-bond donors (Lipinski definition) is 0. The molecule has 0 fully saturated rings. The molecule has 2 aromatic rings. The summed E-state index contributed by atoms with van der Waals surface area (Å²) in [4.78, 5) is 11.0. The van der Waals surface area contributed by atoms with Crippen LogP contribution in [0.4, 0.5) is 4.39 Å². The van der Waals surface area contributed by atoms with E-state index in [2.05, 4.69) is 26.0 Å². The fourth-order valence-electron chi connectivity index (χ4n) is 2.12. The highest BCUT2D eigenvalue weighted by Crippen LogP contribution is 2.26. The topological polar surface area (TPSA) is 17.1 Å². The maximum Gasteiger partial charge on any atom is 0.150 e. The number of carbonyl (C=O) groups is 1. The summed E-state index contributed by atoms with van der Waals surface area (Å²) >= 11 is 0. The Labute approximate surface area is 113 Å². The van der Waals surface area contributed by atoms with Crippen molar-refractivity contribution < 1.29 is 9.18 Å². The molecule has 0 radical (unpaired) electrons. The van der Waals surface area contributed by atoms with E-state index in [1.165, 1.54) is 17.7 Å². The molecule has 1 nitrogen and oxygen atoms in total. The lowest BCUT2D eigenvalue weighted by Gasteiger charge is -2.11. The van der Waals surface area contributed by atoms with Crippen molar-refractivity contribution in [1.82, 2.24) is 0 Å². The van der Waals surface area contributed by atoms with Crippen molar-refractivity contribution in [3.05, 3.63) is 59.4 Å². The van der Waals surface area contributed by atoms with Gasteiger partial charge in [0.05, 0.1) is 0 Å². The van der Waals surface area contributed by atoms with Crippen molar-refractivity contribution in [2.45, 2.75) is 26.2 Å². The molecule has 0 aliphatic carbocycles. The maximum atomic E-state index is 13.1. The largest absolute Gasteiger partial charge is 0.298 e. The number of benzene rings is 2. The number of rotatable bonds is 4. The van der Waals surface area contributed by atoms with Crippen molar-refractivity contribution in [1.29, 1.82) is 0 Å². The van der Waals surface area contributed by atoms with Crippen LogP contribution in [0.1, 0.15) is 42.1 Å². The van der Waals surface area contributed by atoms with Crippen LogP contribution in [0, 0.1) is 5.82 Å². The summed E-state index contributed by atoms with van der Waals surface area (Å²) in [6, 6.07) is 12.4. The summed E-state index contributed by atoms with van der Waals surface area (Å²) in [6.45, 7) is 4.34. The lowest BCUT2D eigenvalue weighted by molar-refractivity contribution is 0.112. The maximum absolute atomic E-state index is 13.1. The van der Waals surface area contributed by atoms with Crippen LogP contribution < -0.4 is 0 Å². The Balaban J connectivity index is 2.40. The molecule has 1 atom stereocenters. The van der Waals surface area contributed by atoms with E-state index in [1.54, 1.807) is 6.07 Å². The van der Waals surface area contributed by atoms with Gasteiger partial charge in [0.15, 0.2) is 6.29 Å². The van der Waals surface area contributed by atoms with E-state index < -0.39 is 0 Å². The zero-order valence-electron chi connectivity index (χ0n) is 11.2. The molecule has 2 heteroatoms. The second-order valence-electron chi connectivity index (χ2n) is 4.78. The zero-order chi connectivity index (χ0) is 13.8. The molecule has 0 aliphatic heterocycles. The van der Waals surface area contributed by atoms with E-state index in [9.17, 15) is 9.18 Å². The second kappa shape index (κ2) is 5.79. The van der Waals surface area contributed by atoms with E-state index in [4.69, 9.17) is 0 Å². The molecule has 0 amide bonds. The highest BCUT2D eigenvalue weighted by molar-refractivity contribution is 5.87. The minimum atomic E-state index is -0.387. The minimum Gasteiger partial charge on any atom is -0.298 e. The lowest BCUT2D eigenvalue weighted by atomic mass is 9.94. The van der Waals surface area contributed by atoms with Crippen LogP contribution in [-0.4, -0.2) is 6.29 Å². The molecule has 0 N–H and O–H groups in total. The van der Waals surface area contributed by atoms with E-state index in [0.717, 1.165) is 17.5 Å². The molecule has 2 aromatic carbocycles. The fraction of sp³-hybridized carbons (Fsp3) is 0.235. The molecule has 0 saturated carbocycles. The Morgan fingerprint density at radius 3 is 2.42 bits per heavy atom. The molecule has 19 heavy (non-hydrogen) atoms. The fourth-order valence-corrected chi connectivity index (χ4v) is 2.12. The summed E-state index contributed by atoms with van der Waals surface area (Å²) in [5, 5.41) is 0. The molecule has 2 rings (SSSR count). The third-order valence-electron chi connectivity index (χ3n) is 3.54. The zero-order valence-corrected chi connectivity index (χ0v) is 11.2. The molecule has 0 aromatic heterocycles. The monoisotopic (exact) mass is 256 g/mol. The van der Waals surface area contributed by atoms with Crippen molar-refractivity contribution in [3.63, 3.8) is 0 Å². The predicted molar refractivity (Wildman–Crippen MR) is 75.9 cm³/mol. The van der Waals surface area contributed by atoms with E-state index in [0.29, 0.717) is 17.8 Å². The molecule has 0 heterocycles. The van der Waals surface area contributed by atoms with Gasteiger partial charge in [-0.3, -0.25) is 4.79 Å². The summed E-state index contributed by atoms with van der Waals surface area (Å²) < 4.78 is 13.1. The molecule has 1 unspecified atom stereocenters. The SMILES string of the molecule is CCC(C)c1ccc(-c2ccc(F)cc2C=O)cc1. The highest BCUT2D eigenvalue weighted by Gasteiger charge is 2.07. The number of aldehydes is 1. The molecule has 0 bridgehead atoms. The Kier molecular flexibility index (Phi) is 4.10. The van der Waals surface area contributed by atoms with E-state index in [-0.39, 0.29) is 5.82 Å². The van der Waals surface area contributed by atoms with Crippen molar-refractivity contribution in [2.24, 2.45) is 0 Å². The molecule has 0 spiro atoms. The van der Waals surface area contributed by atoms with Crippen LogP contribution >= 0.6 is 0 Å². The Morgan fingerprint density at radius 1 is 1.16 bits per heavy atom. The van der Waals surface area contributed by atoms with E-state index in [1.807, 2.05) is 12.1 Å². The summed E-state index contributed by atoms with van der Waals surface area (Å²) in [5.41, 5.74) is 3.37. The van der Waals surface area contributed by atoms with Crippen molar-refractivity contribution >= 4 is 6.29 Å². The summed E-state index contributed by atoms with van der Waals surface area (Å²) in [7, 11) is 0. The molecule has 0 aliphatic rings. The van der Waals surface area contributed by atoms with Crippen LogP contribution in [0.25, 0.3) is 11.1 Å². The van der Waals surface area contributed by atoms with Crippen LogP contribution in [-0.2, 0) is 0 Å². The van der Waals surface area contributed by atoms with Crippen molar-refractivity contribution in [3.8, 4) is 11.1 Å². The first kappa shape index (κ1) is 13.5. The molecular weight excluding hydrogens is 239 g/mol. The van der Waals surface area contributed by atoms with Crippen LogP contribution in [0.15, 0.2) is 42.5 Å². The number of carbonyl (C=O) groups excluding carboxylic acids is 1. The van der Waals surface area contributed by atoms with Gasteiger partial charge in [0, 0.05) is 5.56 Å². The predicted octanol–water partition coefficient (Wildman–Crippen LogP) is 4.82. The van der Waals surface area contributed by atoms with Gasteiger partial charge >= 0.3 is 0 Å². The Bertz CT molecular complexity index is 572. The summed E-state index contributed by atoms with van der Waals surface area (Å²) in [6.07, 6.45) is 1.79. The van der Waals surface area contributed by atoms with E-state index >= 15 is 0 Å².